The van der Waals surface area contributed by atoms with Crippen molar-refractivity contribution in [1.29, 1.82) is 0 Å². The van der Waals surface area contributed by atoms with Gasteiger partial charge in [0.1, 0.15) is 0 Å². The maximum absolute atomic E-state index is 11.3. The lowest BCUT2D eigenvalue weighted by molar-refractivity contribution is 0.252. The fourth-order valence-electron chi connectivity index (χ4n) is 1.12. The van der Waals surface area contributed by atoms with Crippen molar-refractivity contribution >= 4 is 23.3 Å². The summed E-state index contributed by atoms with van der Waals surface area (Å²) in [6, 6.07) is 5.03. The van der Waals surface area contributed by atoms with Crippen molar-refractivity contribution in [1.82, 2.24) is 5.32 Å². The molecule has 0 spiro atoms. The lowest BCUT2D eigenvalue weighted by atomic mass is 10.2. The lowest BCUT2D eigenvalue weighted by Gasteiger charge is -2.09. The van der Waals surface area contributed by atoms with Gasteiger partial charge in [-0.2, -0.15) is 0 Å². The van der Waals surface area contributed by atoms with Crippen LogP contribution in [0.2, 0.25) is 5.02 Å². The highest BCUT2D eigenvalue weighted by atomic mass is 35.5. The van der Waals surface area contributed by atoms with Crippen LogP contribution in [0.3, 0.4) is 0 Å². The van der Waals surface area contributed by atoms with Gasteiger partial charge in [0.2, 0.25) is 0 Å². The van der Waals surface area contributed by atoms with Crippen molar-refractivity contribution in [2.75, 3.05) is 18.4 Å². The maximum atomic E-state index is 11.3. The molecule has 0 heterocycles. The molecule has 0 saturated heterocycles. The van der Waals surface area contributed by atoms with Crippen molar-refractivity contribution in [3.05, 3.63) is 28.8 Å². The molecule has 82 valence electrons. The number of benzene rings is 1. The first-order valence-electron chi connectivity index (χ1n) is 4.64. The average molecular weight is 228 g/mol. The van der Waals surface area contributed by atoms with E-state index in [0.29, 0.717) is 18.1 Å². The molecular weight excluding hydrogens is 214 g/mol. The molecule has 5 heteroatoms. The Labute approximate surface area is 93.8 Å². The molecule has 0 aliphatic heterocycles. The summed E-state index contributed by atoms with van der Waals surface area (Å²) < 4.78 is 0. The summed E-state index contributed by atoms with van der Waals surface area (Å²) in [5.41, 5.74) is 6.93. The van der Waals surface area contributed by atoms with Gasteiger partial charge in [-0.1, -0.05) is 11.6 Å². The molecule has 0 aliphatic rings. The highest BCUT2D eigenvalue weighted by Gasteiger charge is 2.03. The van der Waals surface area contributed by atoms with Crippen LogP contribution in [0.5, 0.6) is 0 Å². The van der Waals surface area contributed by atoms with E-state index in [9.17, 15) is 4.79 Å². The van der Waals surface area contributed by atoms with Crippen LogP contribution in [0, 0.1) is 6.92 Å². The number of hydrogen-bond donors (Lipinski definition) is 3. The van der Waals surface area contributed by atoms with Gasteiger partial charge in [-0.25, -0.2) is 4.79 Å². The minimum atomic E-state index is -0.258. The maximum Gasteiger partial charge on any atom is 0.319 e. The molecule has 0 atom stereocenters. The fraction of sp³-hybridized carbons (Fsp3) is 0.300. The molecule has 4 nitrogen and oxygen atoms in total. The minimum absolute atomic E-state index is 0.258. The van der Waals surface area contributed by atoms with E-state index in [1.807, 2.05) is 6.92 Å². The normalized spacial score (nSPS) is 9.80. The number of amides is 2. The Bertz CT molecular complexity index is 355. The van der Waals surface area contributed by atoms with Crippen LogP contribution in [0.4, 0.5) is 10.5 Å². The Kier molecular flexibility index (Phi) is 4.39. The predicted octanol–water partition coefficient (Wildman–Crippen LogP) is 1.73. The number of nitrogens with one attached hydrogen (secondary N) is 2. The second-order valence-electron chi connectivity index (χ2n) is 3.13. The Morgan fingerprint density at radius 1 is 1.53 bits per heavy atom. The molecule has 1 rings (SSSR count). The van der Waals surface area contributed by atoms with E-state index in [1.165, 1.54) is 0 Å². The molecule has 2 amide bonds. The number of nitrogens with two attached hydrogens (primary N) is 1. The van der Waals surface area contributed by atoms with Crippen LogP contribution < -0.4 is 16.4 Å². The van der Waals surface area contributed by atoms with Gasteiger partial charge in [0.05, 0.1) is 0 Å². The van der Waals surface area contributed by atoms with Crippen molar-refractivity contribution in [3.63, 3.8) is 0 Å². The third-order valence-corrected chi connectivity index (χ3v) is 2.10. The summed E-state index contributed by atoms with van der Waals surface area (Å²) in [4.78, 5) is 11.3. The zero-order valence-corrected chi connectivity index (χ0v) is 9.27. The van der Waals surface area contributed by atoms with Crippen LogP contribution >= 0.6 is 11.6 Å². The minimum Gasteiger partial charge on any atom is -0.337 e. The zero-order valence-electron chi connectivity index (χ0n) is 8.51. The SMILES string of the molecule is Cc1cc(Cl)ccc1NC(=O)NCCN. The molecule has 0 bridgehead atoms. The Morgan fingerprint density at radius 2 is 2.27 bits per heavy atom. The number of anilines is 1. The van der Waals surface area contributed by atoms with Gasteiger partial charge >= 0.3 is 6.03 Å². The summed E-state index contributed by atoms with van der Waals surface area (Å²) in [6.45, 7) is 2.76. The van der Waals surface area contributed by atoms with Gasteiger partial charge in [0, 0.05) is 23.8 Å². The molecule has 15 heavy (non-hydrogen) atoms. The van der Waals surface area contributed by atoms with Gasteiger partial charge in [-0.15, -0.1) is 0 Å². The van der Waals surface area contributed by atoms with Crippen LogP contribution in [0.1, 0.15) is 5.56 Å². The second kappa shape index (κ2) is 5.58. The van der Waals surface area contributed by atoms with E-state index in [-0.39, 0.29) is 6.03 Å². The largest absolute Gasteiger partial charge is 0.337 e. The molecule has 0 unspecified atom stereocenters. The second-order valence-corrected chi connectivity index (χ2v) is 3.57. The van der Waals surface area contributed by atoms with E-state index in [0.717, 1.165) is 11.3 Å². The molecule has 4 N–H and O–H groups in total. The first-order valence-corrected chi connectivity index (χ1v) is 5.02. The Hall–Kier alpha value is -1.26. The quantitative estimate of drug-likeness (QED) is 0.736. The fourth-order valence-corrected chi connectivity index (χ4v) is 1.35. The first kappa shape index (κ1) is 11.8. The van der Waals surface area contributed by atoms with Crippen molar-refractivity contribution in [3.8, 4) is 0 Å². The number of carbonyl (C=O) groups excluding carboxylic acids is 1. The number of halogens is 1. The number of carbonyl (C=O) groups is 1. The van der Waals surface area contributed by atoms with Gasteiger partial charge in [0.25, 0.3) is 0 Å². The predicted molar refractivity (Wildman–Crippen MR) is 62.3 cm³/mol. The first-order chi connectivity index (χ1) is 7.13. The molecule has 0 radical (unpaired) electrons. The van der Waals surface area contributed by atoms with E-state index < -0.39 is 0 Å². The van der Waals surface area contributed by atoms with Crippen LogP contribution in [-0.2, 0) is 0 Å². The summed E-state index contributed by atoms with van der Waals surface area (Å²) in [7, 11) is 0. The number of rotatable bonds is 3. The third kappa shape index (κ3) is 3.77. The summed E-state index contributed by atoms with van der Waals surface area (Å²) >= 11 is 5.79. The van der Waals surface area contributed by atoms with E-state index in [2.05, 4.69) is 10.6 Å². The van der Waals surface area contributed by atoms with E-state index in [1.54, 1.807) is 18.2 Å². The summed E-state index contributed by atoms with van der Waals surface area (Å²) in [5, 5.41) is 5.98. The lowest BCUT2D eigenvalue weighted by Crippen LogP contribution is -2.33. The molecular formula is C10H14ClN3O. The molecule has 1 aromatic rings. The zero-order chi connectivity index (χ0) is 11.3. The number of hydrogen-bond acceptors (Lipinski definition) is 2. The third-order valence-electron chi connectivity index (χ3n) is 1.87. The monoisotopic (exact) mass is 227 g/mol. The molecule has 0 saturated carbocycles. The Balaban J connectivity index is 2.60. The van der Waals surface area contributed by atoms with Gasteiger partial charge in [-0.3, -0.25) is 0 Å². The summed E-state index contributed by atoms with van der Waals surface area (Å²) in [6.07, 6.45) is 0. The van der Waals surface area contributed by atoms with Crippen LogP contribution in [0.25, 0.3) is 0 Å². The molecule has 1 aromatic carbocycles. The van der Waals surface area contributed by atoms with E-state index >= 15 is 0 Å². The number of urea groups is 1. The highest BCUT2D eigenvalue weighted by Crippen LogP contribution is 2.19. The highest BCUT2D eigenvalue weighted by molar-refractivity contribution is 6.30. The van der Waals surface area contributed by atoms with Crippen molar-refractivity contribution < 1.29 is 4.79 Å². The van der Waals surface area contributed by atoms with Gasteiger partial charge < -0.3 is 16.4 Å². The Morgan fingerprint density at radius 3 is 2.87 bits per heavy atom. The molecule has 0 fully saturated rings. The van der Waals surface area contributed by atoms with E-state index in [4.69, 9.17) is 17.3 Å². The van der Waals surface area contributed by atoms with Crippen molar-refractivity contribution in [2.45, 2.75) is 6.92 Å². The van der Waals surface area contributed by atoms with Gasteiger partial charge in [-0.05, 0) is 30.7 Å². The smallest absolute Gasteiger partial charge is 0.319 e. The van der Waals surface area contributed by atoms with Crippen molar-refractivity contribution in [2.24, 2.45) is 5.73 Å². The molecule has 0 aromatic heterocycles. The van der Waals surface area contributed by atoms with Crippen LogP contribution in [-0.4, -0.2) is 19.1 Å². The molecule has 0 aliphatic carbocycles. The average Bonchev–Trinajstić information content (AvgIpc) is 2.19. The van der Waals surface area contributed by atoms with Crippen LogP contribution in [0.15, 0.2) is 18.2 Å². The topological polar surface area (TPSA) is 67.2 Å². The standard InChI is InChI=1S/C10H14ClN3O/c1-7-6-8(11)2-3-9(7)14-10(15)13-5-4-12/h2-3,6H,4-5,12H2,1H3,(H2,13,14,15). The summed E-state index contributed by atoms with van der Waals surface area (Å²) in [5.74, 6) is 0. The van der Waals surface area contributed by atoms with Gasteiger partial charge in [0.15, 0.2) is 0 Å². The number of aryl methyl sites for hydroxylation is 1.